The first kappa shape index (κ1) is 11.8. The smallest absolute Gasteiger partial charge is 0.191 e. The fourth-order valence-corrected chi connectivity index (χ4v) is 1.94. The third-order valence-corrected chi connectivity index (χ3v) is 2.90. The average Bonchev–Trinajstić information content (AvgIpc) is 2.38. The lowest BCUT2D eigenvalue weighted by Gasteiger charge is -2.26. The van der Waals surface area contributed by atoms with Gasteiger partial charge in [0.1, 0.15) is 12.7 Å². The van der Waals surface area contributed by atoms with E-state index in [-0.39, 0.29) is 6.10 Å². The molecule has 1 aromatic rings. The Morgan fingerprint density at radius 3 is 3.00 bits per heavy atom. The summed E-state index contributed by atoms with van der Waals surface area (Å²) in [4.78, 5) is 3.37. The summed E-state index contributed by atoms with van der Waals surface area (Å²) in [5, 5.41) is 0. The van der Waals surface area contributed by atoms with E-state index in [9.17, 15) is 0 Å². The molecule has 1 heterocycles. The Morgan fingerprint density at radius 2 is 2.24 bits per heavy atom. The summed E-state index contributed by atoms with van der Waals surface area (Å²) in [6.45, 7) is 9.73. The number of fused-ring (bicyclic) bond motifs is 1. The third-order valence-electron chi connectivity index (χ3n) is 2.90. The third kappa shape index (κ3) is 2.91. The van der Waals surface area contributed by atoms with Gasteiger partial charge in [-0.1, -0.05) is 25.8 Å². The molecule has 3 heteroatoms. The molecule has 2 rings (SSSR count). The van der Waals surface area contributed by atoms with Crippen LogP contribution >= 0.6 is 0 Å². The first-order valence-electron chi connectivity index (χ1n) is 6.14. The second-order valence-corrected chi connectivity index (χ2v) is 4.29. The van der Waals surface area contributed by atoms with Crippen LogP contribution in [0.5, 0.6) is 11.5 Å². The molecule has 1 aromatic carbocycles. The zero-order valence-electron chi connectivity index (χ0n) is 10.1. The molecular weight excluding hydrogens is 214 g/mol. The number of nitrogens with zero attached hydrogens (tertiary/aromatic N) is 1. The van der Waals surface area contributed by atoms with Crippen LogP contribution in [0, 0.1) is 6.57 Å². The second kappa shape index (κ2) is 5.58. The van der Waals surface area contributed by atoms with E-state index < -0.39 is 0 Å². The maximum absolute atomic E-state index is 6.94. The summed E-state index contributed by atoms with van der Waals surface area (Å²) >= 11 is 0. The van der Waals surface area contributed by atoms with Crippen LogP contribution in [0.25, 0.3) is 4.85 Å². The Bertz CT molecular complexity index is 423. The van der Waals surface area contributed by atoms with Crippen LogP contribution in [0.3, 0.4) is 0 Å². The highest BCUT2D eigenvalue weighted by atomic mass is 16.6. The summed E-state index contributed by atoms with van der Waals surface area (Å²) in [5.41, 5.74) is 0.594. The first-order valence-corrected chi connectivity index (χ1v) is 6.14. The average molecular weight is 231 g/mol. The molecule has 0 bridgehead atoms. The van der Waals surface area contributed by atoms with Crippen molar-refractivity contribution in [3.8, 4) is 11.5 Å². The van der Waals surface area contributed by atoms with Crippen LogP contribution < -0.4 is 9.47 Å². The van der Waals surface area contributed by atoms with Gasteiger partial charge < -0.3 is 9.47 Å². The minimum Gasteiger partial charge on any atom is -0.487 e. The first-order chi connectivity index (χ1) is 8.33. The fraction of sp³-hybridized carbons (Fsp3) is 0.500. The maximum Gasteiger partial charge on any atom is 0.191 e. The number of hydrogen-bond donors (Lipinski definition) is 0. The van der Waals surface area contributed by atoms with Crippen LogP contribution in [-0.2, 0) is 0 Å². The quantitative estimate of drug-likeness (QED) is 0.578. The molecule has 90 valence electrons. The standard InChI is InChI=1S/C14H17NO2/c1-3-4-5-6-12-10-16-14-9-11(15-2)7-8-13(14)17-12/h7-9,12H,3-6,10H2,1H3. The lowest BCUT2D eigenvalue weighted by atomic mass is 10.1. The largest absolute Gasteiger partial charge is 0.487 e. The summed E-state index contributed by atoms with van der Waals surface area (Å²) in [6.07, 6.45) is 4.84. The van der Waals surface area contributed by atoms with Crippen molar-refractivity contribution in [3.05, 3.63) is 29.6 Å². The summed E-state index contributed by atoms with van der Waals surface area (Å²) in [6, 6.07) is 5.34. The van der Waals surface area contributed by atoms with Gasteiger partial charge in [-0.25, -0.2) is 4.85 Å². The molecule has 17 heavy (non-hydrogen) atoms. The number of unbranched alkanes of at least 4 members (excludes halogenated alkanes) is 2. The molecule has 0 saturated heterocycles. The van der Waals surface area contributed by atoms with Gasteiger partial charge in [-0.05, 0) is 25.0 Å². The molecule has 0 amide bonds. The van der Waals surface area contributed by atoms with Crippen molar-refractivity contribution in [2.75, 3.05) is 6.61 Å². The Labute approximate surface area is 102 Å². The molecule has 1 aliphatic heterocycles. The van der Waals surface area contributed by atoms with Crippen molar-refractivity contribution in [1.29, 1.82) is 0 Å². The normalized spacial score (nSPS) is 17.5. The number of benzene rings is 1. The number of hydrogen-bond acceptors (Lipinski definition) is 2. The van der Waals surface area contributed by atoms with Crippen molar-refractivity contribution >= 4 is 5.69 Å². The fourth-order valence-electron chi connectivity index (χ4n) is 1.94. The minimum absolute atomic E-state index is 0.160. The second-order valence-electron chi connectivity index (χ2n) is 4.29. The highest BCUT2D eigenvalue weighted by molar-refractivity contribution is 5.55. The molecule has 0 spiro atoms. The molecule has 0 aliphatic carbocycles. The predicted molar refractivity (Wildman–Crippen MR) is 66.8 cm³/mol. The summed E-state index contributed by atoms with van der Waals surface area (Å²) in [5.74, 6) is 1.47. The van der Waals surface area contributed by atoms with Crippen LogP contribution in [-0.4, -0.2) is 12.7 Å². The van der Waals surface area contributed by atoms with Crippen molar-refractivity contribution in [1.82, 2.24) is 0 Å². The highest BCUT2D eigenvalue weighted by Gasteiger charge is 2.20. The van der Waals surface area contributed by atoms with Gasteiger partial charge in [0.2, 0.25) is 0 Å². The van der Waals surface area contributed by atoms with Gasteiger partial charge in [0.25, 0.3) is 0 Å². The van der Waals surface area contributed by atoms with Gasteiger partial charge in [0.05, 0.1) is 6.57 Å². The maximum atomic E-state index is 6.94. The van der Waals surface area contributed by atoms with Crippen molar-refractivity contribution in [2.24, 2.45) is 0 Å². The van der Waals surface area contributed by atoms with Gasteiger partial charge in [-0.15, -0.1) is 0 Å². The molecule has 0 N–H and O–H groups in total. The van der Waals surface area contributed by atoms with Crippen LogP contribution in [0.4, 0.5) is 5.69 Å². The zero-order chi connectivity index (χ0) is 12.1. The van der Waals surface area contributed by atoms with Crippen molar-refractivity contribution in [2.45, 2.75) is 38.7 Å². The van der Waals surface area contributed by atoms with Gasteiger partial charge in [0.15, 0.2) is 17.2 Å². The molecule has 3 nitrogen and oxygen atoms in total. The molecule has 0 fully saturated rings. The summed E-state index contributed by atoms with van der Waals surface area (Å²) < 4.78 is 11.5. The lowest BCUT2D eigenvalue weighted by molar-refractivity contribution is 0.0830. The molecular formula is C14H17NO2. The van der Waals surface area contributed by atoms with Gasteiger partial charge in [-0.3, -0.25) is 0 Å². The van der Waals surface area contributed by atoms with E-state index in [0.29, 0.717) is 18.0 Å². The molecule has 0 radical (unpaired) electrons. The Kier molecular flexibility index (Phi) is 3.87. The van der Waals surface area contributed by atoms with Gasteiger partial charge in [-0.2, -0.15) is 0 Å². The SMILES string of the molecule is [C-]#[N+]c1ccc2c(c1)OCC(CCCCC)O2. The number of rotatable bonds is 4. The Morgan fingerprint density at radius 1 is 1.35 bits per heavy atom. The van der Waals surface area contributed by atoms with E-state index in [2.05, 4.69) is 11.8 Å². The molecule has 0 saturated carbocycles. The topological polar surface area (TPSA) is 22.8 Å². The van der Waals surface area contributed by atoms with Crippen LogP contribution in [0.2, 0.25) is 0 Å². The van der Waals surface area contributed by atoms with E-state index >= 15 is 0 Å². The molecule has 1 aliphatic rings. The van der Waals surface area contributed by atoms with E-state index in [1.807, 2.05) is 6.07 Å². The van der Waals surface area contributed by atoms with E-state index in [1.165, 1.54) is 19.3 Å². The van der Waals surface area contributed by atoms with E-state index in [1.54, 1.807) is 12.1 Å². The molecule has 1 atom stereocenters. The van der Waals surface area contributed by atoms with Crippen LogP contribution in [0.1, 0.15) is 32.6 Å². The van der Waals surface area contributed by atoms with Crippen molar-refractivity contribution < 1.29 is 9.47 Å². The Hall–Kier alpha value is -1.69. The van der Waals surface area contributed by atoms with Crippen LogP contribution in [0.15, 0.2) is 18.2 Å². The Balaban J connectivity index is 1.97. The minimum atomic E-state index is 0.160. The van der Waals surface area contributed by atoms with Gasteiger partial charge in [0, 0.05) is 0 Å². The highest BCUT2D eigenvalue weighted by Crippen LogP contribution is 2.35. The molecule has 0 aromatic heterocycles. The van der Waals surface area contributed by atoms with E-state index in [4.69, 9.17) is 16.0 Å². The lowest BCUT2D eigenvalue weighted by Crippen LogP contribution is -2.28. The van der Waals surface area contributed by atoms with Gasteiger partial charge >= 0.3 is 0 Å². The van der Waals surface area contributed by atoms with Crippen molar-refractivity contribution in [3.63, 3.8) is 0 Å². The van der Waals surface area contributed by atoms with E-state index in [0.717, 1.165) is 12.2 Å². The predicted octanol–water partition coefficient (Wildman–Crippen LogP) is 3.96. The number of ether oxygens (including phenoxy) is 2. The summed E-state index contributed by atoms with van der Waals surface area (Å²) in [7, 11) is 0. The zero-order valence-corrected chi connectivity index (χ0v) is 10.1. The monoisotopic (exact) mass is 231 g/mol. The molecule has 1 unspecified atom stereocenters.